The fraction of sp³-hybridized carbons (Fsp3) is 0.600. The minimum atomic E-state index is -1.03. The van der Waals surface area contributed by atoms with Crippen LogP contribution in [0.3, 0.4) is 0 Å². The Labute approximate surface area is 147 Å². The lowest BCUT2D eigenvalue weighted by Gasteiger charge is -2.30. The molecule has 0 aliphatic carbocycles. The first-order valence-corrected chi connectivity index (χ1v) is 7.31. The normalized spacial score (nSPS) is 14.6. The molecule has 0 spiro atoms. The summed E-state index contributed by atoms with van der Waals surface area (Å²) in [5.74, 6) is -2.42. The summed E-state index contributed by atoms with van der Waals surface area (Å²) in [5, 5.41) is 18.6. The van der Waals surface area contributed by atoms with Gasteiger partial charge in [-0.25, -0.2) is 0 Å². The number of benzene rings is 1. The molecule has 0 heterocycles. The van der Waals surface area contributed by atoms with Crippen molar-refractivity contribution >= 4 is 11.9 Å². The van der Waals surface area contributed by atoms with Gasteiger partial charge in [0, 0.05) is 0 Å². The van der Waals surface area contributed by atoms with Crippen molar-refractivity contribution < 1.29 is 19.8 Å². The van der Waals surface area contributed by atoms with E-state index in [2.05, 4.69) is 0 Å². The first-order valence-electron chi connectivity index (χ1n) is 7.31. The zero-order valence-electron chi connectivity index (χ0n) is 12.9. The second-order valence-electron chi connectivity index (χ2n) is 6.03. The van der Waals surface area contributed by atoms with E-state index in [1.807, 2.05) is 37.3 Å². The molecule has 0 fully saturated rings. The van der Waals surface area contributed by atoms with Crippen LogP contribution in [0, 0.1) is 11.3 Å². The average molecular weight is 341 g/mol. The van der Waals surface area contributed by atoms with E-state index in [1.165, 1.54) is 0 Å². The molecule has 140 valence electrons. The summed E-state index contributed by atoms with van der Waals surface area (Å²) in [6, 6.07) is 9.80. The monoisotopic (exact) mass is 340 g/mol. The standard InChI is InChI=1S/C17H24O4.3CH4/c1-4-13(14-8-6-5-7-9-14)11-17(3,16(20)21)10-12(2)15(18)19;;;/h5-9,12-13H,4,10-11H2,1-3H3,(H,18,19)(H,20,21);3*1H4. The van der Waals surface area contributed by atoms with Crippen LogP contribution in [0.25, 0.3) is 0 Å². The topological polar surface area (TPSA) is 74.6 Å². The quantitative estimate of drug-likeness (QED) is 0.638. The summed E-state index contributed by atoms with van der Waals surface area (Å²) in [4.78, 5) is 22.7. The van der Waals surface area contributed by atoms with Gasteiger partial charge in [-0.3, -0.25) is 9.59 Å². The van der Waals surface area contributed by atoms with Crippen molar-refractivity contribution in [3.8, 4) is 0 Å². The summed E-state index contributed by atoms with van der Waals surface area (Å²) in [5.41, 5.74) is 0.0735. The number of carboxylic acid groups (broad SMARTS) is 2. The van der Waals surface area contributed by atoms with E-state index in [4.69, 9.17) is 5.11 Å². The third-order valence-corrected chi connectivity index (χ3v) is 4.16. The van der Waals surface area contributed by atoms with Crippen molar-refractivity contribution in [2.75, 3.05) is 0 Å². The third kappa shape index (κ3) is 7.16. The number of aliphatic carboxylic acids is 2. The third-order valence-electron chi connectivity index (χ3n) is 4.16. The summed E-state index contributed by atoms with van der Waals surface area (Å²) < 4.78 is 0. The lowest BCUT2D eigenvalue weighted by Crippen LogP contribution is -2.33. The Morgan fingerprint density at radius 3 is 1.92 bits per heavy atom. The van der Waals surface area contributed by atoms with Crippen molar-refractivity contribution in [1.82, 2.24) is 0 Å². The molecule has 0 bridgehead atoms. The summed E-state index contributed by atoms with van der Waals surface area (Å²) in [7, 11) is 0. The van der Waals surface area contributed by atoms with Gasteiger partial charge in [0.1, 0.15) is 0 Å². The SMILES string of the molecule is C.C.C.CCC(CC(C)(CC(C)C(=O)O)C(=O)O)c1ccccc1. The van der Waals surface area contributed by atoms with Gasteiger partial charge < -0.3 is 10.2 Å². The largest absolute Gasteiger partial charge is 0.481 e. The van der Waals surface area contributed by atoms with Gasteiger partial charge in [0.15, 0.2) is 0 Å². The van der Waals surface area contributed by atoms with Crippen molar-refractivity contribution in [3.05, 3.63) is 35.9 Å². The van der Waals surface area contributed by atoms with Gasteiger partial charge in [-0.1, -0.05) is 66.5 Å². The van der Waals surface area contributed by atoms with Crippen LogP contribution in [-0.4, -0.2) is 22.2 Å². The minimum absolute atomic E-state index is 0. The van der Waals surface area contributed by atoms with Gasteiger partial charge in [0.25, 0.3) is 0 Å². The molecule has 0 aliphatic rings. The van der Waals surface area contributed by atoms with E-state index in [0.29, 0.717) is 6.42 Å². The number of rotatable bonds is 8. The van der Waals surface area contributed by atoms with Crippen LogP contribution in [0.1, 0.15) is 73.8 Å². The van der Waals surface area contributed by atoms with E-state index in [-0.39, 0.29) is 34.6 Å². The fourth-order valence-corrected chi connectivity index (χ4v) is 2.79. The Morgan fingerprint density at radius 1 is 1.04 bits per heavy atom. The van der Waals surface area contributed by atoms with E-state index in [0.717, 1.165) is 12.0 Å². The van der Waals surface area contributed by atoms with Crippen LogP contribution in [0.15, 0.2) is 30.3 Å². The fourth-order valence-electron chi connectivity index (χ4n) is 2.79. The van der Waals surface area contributed by atoms with Crippen LogP contribution in [-0.2, 0) is 9.59 Å². The zero-order chi connectivity index (χ0) is 16.0. The molecular weight excluding hydrogens is 304 g/mol. The summed E-state index contributed by atoms with van der Waals surface area (Å²) >= 11 is 0. The maximum Gasteiger partial charge on any atom is 0.309 e. The minimum Gasteiger partial charge on any atom is -0.481 e. The molecular formula is C20H36O4. The smallest absolute Gasteiger partial charge is 0.309 e. The van der Waals surface area contributed by atoms with Gasteiger partial charge in [0.05, 0.1) is 11.3 Å². The molecule has 24 heavy (non-hydrogen) atoms. The van der Waals surface area contributed by atoms with Crippen LogP contribution < -0.4 is 0 Å². The Hall–Kier alpha value is -1.84. The number of carboxylic acids is 2. The number of hydrogen-bond donors (Lipinski definition) is 2. The second kappa shape index (κ2) is 11.7. The predicted octanol–water partition coefficient (Wildman–Crippen LogP) is 5.68. The van der Waals surface area contributed by atoms with Gasteiger partial charge in [0.2, 0.25) is 0 Å². The molecule has 0 radical (unpaired) electrons. The van der Waals surface area contributed by atoms with Crippen molar-refractivity contribution in [2.45, 2.75) is 68.2 Å². The maximum absolute atomic E-state index is 11.7. The lowest BCUT2D eigenvalue weighted by molar-refractivity contribution is -0.152. The molecule has 0 saturated heterocycles. The van der Waals surface area contributed by atoms with Gasteiger partial charge in [-0.05, 0) is 37.7 Å². The molecule has 4 heteroatoms. The van der Waals surface area contributed by atoms with Crippen LogP contribution >= 0.6 is 0 Å². The molecule has 3 atom stereocenters. The van der Waals surface area contributed by atoms with E-state index >= 15 is 0 Å². The number of hydrogen-bond acceptors (Lipinski definition) is 2. The Kier molecular flexibility index (Phi) is 13.1. The average Bonchev–Trinajstić information content (AvgIpc) is 2.45. The van der Waals surface area contributed by atoms with Gasteiger partial charge >= 0.3 is 11.9 Å². The molecule has 0 aliphatic heterocycles. The van der Waals surface area contributed by atoms with Crippen molar-refractivity contribution in [2.24, 2.45) is 11.3 Å². The molecule has 3 unspecified atom stereocenters. The zero-order valence-corrected chi connectivity index (χ0v) is 12.9. The highest BCUT2D eigenvalue weighted by atomic mass is 16.4. The van der Waals surface area contributed by atoms with Crippen LogP contribution in [0.4, 0.5) is 0 Å². The Balaban J connectivity index is -0.00000147. The highest BCUT2D eigenvalue weighted by Gasteiger charge is 2.38. The van der Waals surface area contributed by atoms with Crippen molar-refractivity contribution in [1.29, 1.82) is 0 Å². The van der Waals surface area contributed by atoms with E-state index in [1.54, 1.807) is 13.8 Å². The maximum atomic E-state index is 11.7. The highest BCUT2D eigenvalue weighted by Crippen LogP contribution is 2.38. The molecule has 1 rings (SSSR count). The molecule has 1 aromatic rings. The Bertz CT molecular complexity index is 484. The van der Waals surface area contributed by atoms with Crippen LogP contribution in [0.5, 0.6) is 0 Å². The first-order chi connectivity index (χ1) is 9.80. The number of carbonyl (C=O) groups is 2. The van der Waals surface area contributed by atoms with Crippen LogP contribution in [0.2, 0.25) is 0 Å². The summed E-state index contributed by atoms with van der Waals surface area (Å²) in [6.07, 6.45) is 1.41. The van der Waals surface area contributed by atoms with Gasteiger partial charge in [-0.2, -0.15) is 0 Å². The Morgan fingerprint density at radius 2 is 1.54 bits per heavy atom. The molecule has 0 aromatic heterocycles. The summed E-state index contributed by atoms with van der Waals surface area (Å²) in [6.45, 7) is 5.24. The lowest BCUT2D eigenvalue weighted by atomic mass is 9.72. The highest BCUT2D eigenvalue weighted by molar-refractivity contribution is 5.76. The van der Waals surface area contributed by atoms with E-state index in [9.17, 15) is 14.7 Å². The van der Waals surface area contributed by atoms with Gasteiger partial charge in [-0.15, -0.1) is 0 Å². The second-order valence-corrected chi connectivity index (χ2v) is 6.03. The molecule has 4 nitrogen and oxygen atoms in total. The molecule has 2 N–H and O–H groups in total. The molecule has 0 amide bonds. The predicted molar refractivity (Wildman–Crippen MR) is 101 cm³/mol. The van der Waals surface area contributed by atoms with Crippen molar-refractivity contribution in [3.63, 3.8) is 0 Å². The first kappa shape index (κ1) is 27.0. The van der Waals surface area contributed by atoms with E-state index < -0.39 is 23.3 Å². The molecule has 1 aromatic carbocycles. The molecule has 0 saturated carbocycles.